The molecular weight excluding hydrogens is 433 g/mol. The summed E-state index contributed by atoms with van der Waals surface area (Å²) in [7, 11) is 0. The summed E-state index contributed by atoms with van der Waals surface area (Å²) in [6.45, 7) is 1.54. The second kappa shape index (κ2) is 11.4. The van der Waals surface area contributed by atoms with Crippen molar-refractivity contribution < 1.29 is 10.2 Å². The predicted molar refractivity (Wildman–Crippen MR) is 129 cm³/mol. The lowest BCUT2D eigenvalue weighted by Crippen LogP contribution is -2.23. The van der Waals surface area contributed by atoms with Crippen molar-refractivity contribution in [1.82, 2.24) is 5.32 Å². The molecule has 0 aromatic heterocycles. The number of nitrogens with two attached hydrogens (primary N) is 1. The maximum absolute atomic E-state index is 10.3. The first-order valence-electron chi connectivity index (χ1n) is 10.1. The van der Waals surface area contributed by atoms with E-state index in [0.29, 0.717) is 40.9 Å². The monoisotopic (exact) mass is 459 g/mol. The zero-order valence-corrected chi connectivity index (χ0v) is 18.6. The molecule has 164 valence electrons. The van der Waals surface area contributed by atoms with Crippen LogP contribution in [0.25, 0.3) is 0 Å². The van der Waals surface area contributed by atoms with Gasteiger partial charge in [-0.2, -0.15) is 0 Å². The molecule has 31 heavy (non-hydrogen) atoms. The molecule has 0 bridgehead atoms. The molecule has 0 fully saturated rings. The summed E-state index contributed by atoms with van der Waals surface area (Å²) in [5.74, 6) is 0. The Morgan fingerprint density at radius 3 is 2.06 bits per heavy atom. The van der Waals surface area contributed by atoms with Crippen molar-refractivity contribution in [1.29, 1.82) is 0 Å². The van der Waals surface area contributed by atoms with E-state index in [-0.39, 0.29) is 0 Å². The van der Waals surface area contributed by atoms with Crippen molar-refractivity contribution in [3.63, 3.8) is 0 Å². The minimum Gasteiger partial charge on any atom is -0.396 e. The van der Waals surface area contributed by atoms with Crippen molar-refractivity contribution in [3.8, 4) is 0 Å². The van der Waals surface area contributed by atoms with E-state index in [9.17, 15) is 10.2 Å². The molecule has 6 N–H and O–H groups in total. The summed E-state index contributed by atoms with van der Waals surface area (Å²) < 4.78 is 0. The van der Waals surface area contributed by atoms with Crippen molar-refractivity contribution in [2.45, 2.75) is 18.6 Å². The van der Waals surface area contributed by atoms with Gasteiger partial charge in [-0.25, -0.2) is 0 Å². The van der Waals surface area contributed by atoms with Crippen LogP contribution >= 0.6 is 23.2 Å². The molecule has 0 radical (unpaired) electrons. The van der Waals surface area contributed by atoms with E-state index in [1.807, 2.05) is 42.5 Å². The highest BCUT2D eigenvalue weighted by molar-refractivity contribution is 6.38. The molecule has 0 unspecified atom stereocenters. The standard InChI is InChI=1S/C24H27Cl2N3O2/c25-20-12-18(13-21(26)24(20)27)22(30)14-28-11-10-16-6-8-19(9-7-16)29-15-23(31)17-4-2-1-3-5-17/h1-9,12-13,22-23,28-31H,10-11,14-15,27H2/t22-,23-/m0/s1. The molecule has 0 saturated heterocycles. The fraction of sp³-hybridized carbons (Fsp3) is 0.250. The first-order chi connectivity index (χ1) is 14.9. The van der Waals surface area contributed by atoms with Crippen LogP contribution in [-0.4, -0.2) is 29.8 Å². The lowest BCUT2D eigenvalue weighted by molar-refractivity contribution is 0.175. The van der Waals surface area contributed by atoms with Gasteiger partial charge in [0.25, 0.3) is 0 Å². The summed E-state index contributed by atoms with van der Waals surface area (Å²) in [5, 5.41) is 27.7. The van der Waals surface area contributed by atoms with E-state index < -0.39 is 12.2 Å². The van der Waals surface area contributed by atoms with Gasteiger partial charge in [0.05, 0.1) is 27.9 Å². The molecule has 5 nitrogen and oxygen atoms in total. The SMILES string of the molecule is Nc1c(Cl)cc([C@@H](O)CNCCc2ccc(NC[C@H](O)c3ccccc3)cc2)cc1Cl. The molecule has 7 heteroatoms. The Hall–Kier alpha value is -2.28. The number of rotatable bonds is 10. The summed E-state index contributed by atoms with van der Waals surface area (Å²) in [6, 6.07) is 21.0. The van der Waals surface area contributed by atoms with E-state index in [1.54, 1.807) is 12.1 Å². The fourth-order valence-corrected chi connectivity index (χ4v) is 3.69. The third kappa shape index (κ3) is 6.86. The Bertz CT molecular complexity index is 945. The van der Waals surface area contributed by atoms with Gasteiger partial charge in [-0.15, -0.1) is 0 Å². The van der Waals surface area contributed by atoms with Gasteiger partial charge < -0.3 is 26.6 Å². The molecule has 0 aliphatic heterocycles. The molecule has 3 aromatic rings. The molecule has 2 atom stereocenters. The van der Waals surface area contributed by atoms with Gasteiger partial charge in [-0.3, -0.25) is 0 Å². The second-order valence-electron chi connectivity index (χ2n) is 7.37. The largest absolute Gasteiger partial charge is 0.396 e. The lowest BCUT2D eigenvalue weighted by Gasteiger charge is -2.15. The number of hydrogen-bond donors (Lipinski definition) is 5. The second-order valence-corrected chi connectivity index (χ2v) is 8.19. The number of nitrogens with one attached hydrogen (secondary N) is 2. The normalized spacial score (nSPS) is 13.0. The number of anilines is 2. The number of nitrogen functional groups attached to an aromatic ring is 1. The highest BCUT2D eigenvalue weighted by atomic mass is 35.5. The van der Waals surface area contributed by atoms with Crippen LogP contribution in [0.2, 0.25) is 10.0 Å². The Balaban J connectivity index is 1.40. The maximum atomic E-state index is 10.3. The first-order valence-corrected chi connectivity index (χ1v) is 10.9. The van der Waals surface area contributed by atoms with Crippen LogP contribution in [-0.2, 0) is 6.42 Å². The Labute approximate surface area is 192 Å². The Morgan fingerprint density at radius 1 is 0.806 bits per heavy atom. The molecule has 3 aromatic carbocycles. The van der Waals surface area contributed by atoms with Gasteiger partial charge in [-0.1, -0.05) is 65.7 Å². The number of aliphatic hydroxyl groups is 2. The third-order valence-corrected chi connectivity index (χ3v) is 5.68. The highest BCUT2D eigenvalue weighted by Crippen LogP contribution is 2.31. The minimum absolute atomic E-state index is 0.319. The van der Waals surface area contributed by atoms with Crippen LogP contribution in [0.15, 0.2) is 66.7 Å². The number of benzene rings is 3. The minimum atomic E-state index is -0.724. The van der Waals surface area contributed by atoms with Gasteiger partial charge in [0.1, 0.15) is 0 Å². The van der Waals surface area contributed by atoms with Crippen molar-refractivity contribution in [3.05, 3.63) is 93.5 Å². The molecule has 0 saturated carbocycles. The van der Waals surface area contributed by atoms with Crippen LogP contribution in [0.5, 0.6) is 0 Å². The summed E-state index contributed by atoms with van der Waals surface area (Å²) >= 11 is 12.1. The van der Waals surface area contributed by atoms with E-state index in [0.717, 1.165) is 17.7 Å². The van der Waals surface area contributed by atoms with E-state index >= 15 is 0 Å². The highest BCUT2D eigenvalue weighted by Gasteiger charge is 2.12. The molecular formula is C24H27Cl2N3O2. The Morgan fingerprint density at radius 2 is 1.42 bits per heavy atom. The van der Waals surface area contributed by atoms with Crippen molar-refractivity contribution in [2.24, 2.45) is 0 Å². The first kappa shape index (κ1) is 23.4. The van der Waals surface area contributed by atoms with Crippen molar-refractivity contribution in [2.75, 3.05) is 30.7 Å². The number of halogens is 2. The number of aliphatic hydroxyl groups excluding tert-OH is 2. The van der Waals surface area contributed by atoms with Crippen LogP contribution in [0.4, 0.5) is 11.4 Å². The molecule has 0 spiro atoms. The number of hydrogen-bond acceptors (Lipinski definition) is 5. The molecule has 0 aliphatic rings. The van der Waals surface area contributed by atoms with E-state index in [2.05, 4.69) is 22.8 Å². The van der Waals surface area contributed by atoms with E-state index in [1.165, 1.54) is 5.56 Å². The smallest absolute Gasteiger partial charge is 0.0962 e. The average molecular weight is 460 g/mol. The Kier molecular flexibility index (Phi) is 8.58. The van der Waals surface area contributed by atoms with Crippen LogP contribution in [0, 0.1) is 0 Å². The molecule has 0 aliphatic carbocycles. The zero-order valence-electron chi connectivity index (χ0n) is 17.1. The summed E-state index contributed by atoms with van der Waals surface area (Å²) in [6.07, 6.45) is -0.455. The van der Waals surface area contributed by atoms with E-state index in [4.69, 9.17) is 28.9 Å². The molecule has 0 amide bonds. The van der Waals surface area contributed by atoms with Gasteiger partial charge in [0, 0.05) is 18.8 Å². The van der Waals surface area contributed by atoms with Gasteiger partial charge in [0.2, 0.25) is 0 Å². The topological polar surface area (TPSA) is 90.5 Å². The van der Waals surface area contributed by atoms with Crippen LogP contribution in [0.1, 0.15) is 28.9 Å². The summed E-state index contributed by atoms with van der Waals surface area (Å²) in [4.78, 5) is 0. The quantitative estimate of drug-likeness (QED) is 0.226. The third-order valence-electron chi connectivity index (χ3n) is 5.05. The molecule has 0 heterocycles. The zero-order chi connectivity index (χ0) is 22.2. The summed E-state index contributed by atoms with van der Waals surface area (Å²) in [5.41, 5.74) is 9.70. The van der Waals surface area contributed by atoms with Gasteiger partial charge in [0.15, 0.2) is 0 Å². The predicted octanol–water partition coefficient (Wildman–Crippen LogP) is 4.59. The van der Waals surface area contributed by atoms with Crippen LogP contribution in [0.3, 0.4) is 0 Å². The van der Waals surface area contributed by atoms with Gasteiger partial charge in [-0.05, 0) is 53.9 Å². The van der Waals surface area contributed by atoms with Crippen molar-refractivity contribution >= 4 is 34.6 Å². The average Bonchev–Trinajstić information content (AvgIpc) is 2.79. The van der Waals surface area contributed by atoms with Crippen LogP contribution < -0.4 is 16.4 Å². The fourth-order valence-electron chi connectivity index (χ4n) is 3.18. The molecule has 3 rings (SSSR count). The maximum Gasteiger partial charge on any atom is 0.0962 e. The lowest BCUT2D eigenvalue weighted by atomic mass is 10.1. The van der Waals surface area contributed by atoms with Gasteiger partial charge >= 0.3 is 0 Å².